The summed E-state index contributed by atoms with van der Waals surface area (Å²) in [5.41, 5.74) is 7.21. The fraction of sp³-hybridized carbons (Fsp3) is 0.833. The molecule has 22 heavy (non-hydrogen) atoms. The molecule has 10 N–H and O–H groups in total. The molecule has 0 spiro atoms. The predicted molar refractivity (Wildman–Crippen MR) is 70.1 cm³/mol. The molecule has 0 amide bonds. The molecule has 0 bridgehead atoms. The second-order valence-corrected chi connectivity index (χ2v) is 4.22. The monoisotopic (exact) mass is 328 g/mol. The Morgan fingerprint density at radius 2 is 1.00 bits per heavy atom. The van der Waals surface area contributed by atoms with E-state index in [0.717, 1.165) is 13.1 Å². The molecular formula is C12H28N2O8. The number of carboxylic acid groups (broad SMARTS) is 2. The fourth-order valence-electron chi connectivity index (χ4n) is 0.652. The molecule has 0 aliphatic heterocycles. The molecule has 0 aromatic carbocycles. The van der Waals surface area contributed by atoms with Gasteiger partial charge in [0.15, 0.2) is 0 Å². The van der Waals surface area contributed by atoms with Crippen molar-refractivity contribution in [3.8, 4) is 0 Å². The van der Waals surface area contributed by atoms with Crippen LogP contribution in [0.4, 0.5) is 0 Å². The molecule has 0 saturated heterocycles. The van der Waals surface area contributed by atoms with Crippen molar-refractivity contribution in [3.63, 3.8) is 0 Å². The molecule has 4 unspecified atom stereocenters. The number of hydrogen-bond acceptors (Lipinski definition) is 8. The van der Waals surface area contributed by atoms with E-state index in [-0.39, 0.29) is 0 Å². The molecule has 0 fully saturated rings. The summed E-state index contributed by atoms with van der Waals surface area (Å²) in [7, 11) is 0. The molecule has 0 heterocycles. The van der Waals surface area contributed by atoms with Crippen molar-refractivity contribution in [2.75, 3.05) is 13.1 Å². The van der Waals surface area contributed by atoms with Crippen LogP contribution in [0, 0.1) is 0 Å². The van der Waals surface area contributed by atoms with Gasteiger partial charge in [0.05, 0.1) is 25.0 Å². The van der Waals surface area contributed by atoms with Crippen LogP contribution in [-0.2, 0) is 9.59 Å². The number of quaternary nitrogens is 2. The minimum Gasteiger partial charge on any atom is -0.547 e. The van der Waals surface area contributed by atoms with E-state index >= 15 is 0 Å². The molecule has 134 valence electrons. The fourth-order valence-corrected chi connectivity index (χ4v) is 0.652. The highest BCUT2D eigenvalue weighted by atomic mass is 16.4. The van der Waals surface area contributed by atoms with Crippen molar-refractivity contribution >= 4 is 11.9 Å². The maximum absolute atomic E-state index is 9.96. The van der Waals surface area contributed by atoms with Gasteiger partial charge < -0.3 is 51.7 Å². The van der Waals surface area contributed by atoms with Crippen molar-refractivity contribution in [1.29, 1.82) is 0 Å². The lowest BCUT2D eigenvalue weighted by Crippen LogP contribution is -2.55. The van der Waals surface area contributed by atoms with Crippen molar-refractivity contribution in [1.82, 2.24) is 0 Å². The summed E-state index contributed by atoms with van der Waals surface area (Å²) < 4.78 is 0. The largest absolute Gasteiger partial charge is 0.547 e. The summed E-state index contributed by atoms with van der Waals surface area (Å²) in [4.78, 5) is 19.9. The van der Waals surface area contributed by atoms with Crippen LogP contribution in [0.3, 0.4) is 0 Å². The zero-order valence-electron chi connectivity index (χ0n) is 13.0. The minimum absolute atomic E-state index is 1.07. The Balaban J connectivity index is -0.000000372. The molecule has 0 aliphatic carbocycles. The highest BCUT2D eigenvalue weighted by molar-refractivity contribution is 5.72. The third-order valence-corrected chi connectivity index (χ3v) is 2.19. The molecular weight excluding hydrogens is 300 g/mol. The van der Waals surface area contributed by atoms with E-state index in [1.807, 2.05) is 0 Å². The highest BCUT2D eigenvalue weighted by Crippen LogP contribution is 2.04. The SMILES string of the molecule is CCC[NH3+].CCC[NH3+].O=C([O-])C(O)C(O)C(O)C(O)C(=O)[O-]. The molecule has 0 aliphatic rings. The third kappa shape index (κ3) is 13.7. The molecule has 10 heteroatoms. The van der Waals surface area contributed by atoms with Crippen LogP contribution >= 0.6 is 0 Å². The highest BCUT2D eigenvalue weighted by Gasteiger charge is 2.31. The summed E-state index contributed by atoms with van der Waals surface area (Å²) in [5.74, 6) is -4.22. The molecule has 0 aromatic heterocycles. The van der Waals surface area contributed by atoms with Gasteiger partial charge in [0.1, 0.15) is 24.4 Å². The first-order chi connectivity index (χ1) is 10.1. The zero-order valence-corrected chi connectivity index (χ0v) is 13.0. The summed E-state index contributed by atoms with van der Waals surface area (Å²) in [6.45, 7) is 6.38. The van der Waals surface area contributed by atoms with Crippen LogP contribution in [0.5, 0.6) is 0 Å². The second-order valence-electron chi connectivity index (χ2n) is 4.22. The number of hydrogen-bond donors (Lipinski definition) is 6. The standard InChI is InChI=1S/C6H10O8.2C3H9N/c7-1(3(9)5(11)12)2(8)4(10)6(13)14;2*1-2-3-4/h1-4,7-10H,(H,11,12)(H,13,14);2*2-4H2,1H3. The minimum atomic E-state index is -2.50. The topological polar surface area (TPSA) is 216 Å². The maximum Gasteiger partial charge on any atom is 0.122 e. The number of aliphatic hydroxyl groups excluding tert-OH is 4. The van der Waals surface area contributed by atoms with Crippen molar-refractivity contribution in [2.45, 2.75) is 51.1 Å². The molecule has 0 saturated carbocycles. The Morgan fingerprint density at radius 1 is 0.818 bits per heavy atom. The first kappa shape index (κ1) is 25.6. The van der Waals surface area contributed by atoms with Gasteiger partial charge in [0.2, 0.25) is 0 Å². The molecule has 0 radical (unpaired) electrons. The Kier molecular flexibility index (Phi) is 18.7. The van der Waals surface area contributed by atoms with Gasteiger partial charge in [-0.15, -0.1) is 0 Å². The Labute approximate surface area is 129 Å². The molecule has 0 rings (SSSR count). The lowest BCUT2D eigenvalue weighted by atomic mass is 10.0. The van der Waals surface area contributed by atoms with Gasteiger partial charge in [0.25, 0.3) is 0 Å². The first-order valence-corrected chi connectivity index (χ1v) is 6.84. The van der Waals surface area contributed by atoms with E-state index in [1.54, 1.807) is 0 Å². The summed E-state index contributed by atoms with van der Waals surface area (Å²) >= 11 is 0. The maximum atomic E-state index is 9.96. The lowest BCUT2D eigenvalue weighted by molar-refractivity contribution is -0.367. The molecule has 4 atom stereocenters. The van der Waals surface area contributed by atoms with E-state index in [2.05, 4.69) is 25.3 Å². The summed E-state index contributed by atoms with van der Waals surface area (Å²) in [5, 5.41) is 54.7. The van der Waals surface area contributed by atoms with Gasteiger partial charge in [-0.1, -0.05) is 13.8 Å². The van der Waals surface area contributed by atoms with Crippen LogP contribution < -0.4 is 21.7 Å². The van der Waals surface area contributed by atoms with E-state index < -0.39 is 36.4 Å². The lowest BCUT2D eigenvalue weighted by Gasteiger charge is -2.27. The predicted octanol–water partition coefficient (Wildman–Crippen LogP) is -6.79. The third-order valence-electron chi connectivity index (χ3n) is 2.19. The van der Waals surface area contributed by atoms with Gasteiger partial charge in [-0.05, 0) is 12.8 Å². The molecule has 10 nitrogen and oxygen atoms in total. The zero-order chi connectivity index (χ0) is 18.3. The smallest absolute Gasteiger partial charge is 0.122 e. The number of carbonyl (C=O) groups is 2. The van der Waals surface area contributed by atoms with Gasteiger partial charge >= 0.3 is 0 Å². The number of carboxylic acids is 2. The van der Waals surface area contributed by atoms with Crippen LogP contribution in [0.1, 0.15) is 26.7 Å². The number of rotatable bonds is 7. The number of aliphatic carboxylic acids is 2. The van der Waals surface area contributed by atoms with Crippen molar-refractivity contribution in [3.05, 3.63) is 0 Å². The van der Waals surface area contributed by atoms with Gasteiger partial charge in [-0.2, -0.15) is 0 Å². The Morgan fingerprint density at radius 3 is 1.09 bits per heavy atom. The van der Waals surface area contributed by atoms with Crippen LogP contribution in [-0.4, -0.2) is 69.9 Å². The number of aliphatic hydroxyl groups is 4. The average molecular weight is 328 g/mol. The second kappa shape index (κ2) is 16.1. The Hall–Kier alpha value is -1.30. The van der Waals surface area contributed by atoms with Crippen molar-refractivity contribution in [2.24, 2.45) is 0 Å². The van der Waals surface area contributed by atoms with E-state index in [1.165, 1.54) is 12.8 Å². The summed E-state index contributed by atoms with van der Waals surface area (Å²) in [6, 6.07) is 0. The van der Waals surface area contributed by atoms with Gasteiger partial charge in [-0.25, -0.2) is 0 Å². The van der Waals surface area contributed by atoms with E-state index in [0.29, 0.717) is 0 Å². The average Bonchev–Trinajstić information content (AvgIpc) is 2.51. The first-order valence-electron chi connectivity index (χ1n) is 6.84. The van der Waals surface area contributed by atoms with Crippen molar-refractivity contribution < 1.29 is 51.7 Å². The normalized spacial score (nSPS) is 15.1. The Bertz CT molecular complexity index is 258. The van der Waals surface area contributed by atoms with Gasteiger partial charge in [0, 0.05) is 0 Å². The van der Waals surface area contributed by atoms with E-state index in [4.69, 9.17) is 20.4 Å². The van der Waals surface area contributed by atoms with E-state index in [9.17, 15) is 19.8 Å². The molecule has 0 aromatic rings. The van der Waals surface area contributed by atoms with Crippen LogP contribution in [0.25, 0.3) is 0 Å². The summed E-state index contributed by atoms with van der Waals surface area (Å²) in [6.07, 6.45) is -7.35. The number of carbonyl (C=O) groups excluding carboxylic acids is 2. The quantitative estimate of drug-likeness (QED) is 0.263. The van der Waals surface area contributed by atoms with Gasteiger partial charge in [-0.3, -0.25) is 0 Å². The van der Waals surface area contributed by atoms with Crippen LogP contribution in [0.2, 0.25) is 0 Å². The van der Waals surface area contributed by atoms with Crippen LogP contribution in [0.15, 0.2) is 0 Å².